The molecule has 1 rings (SSSR count). The van der Waals surface area contributed by atoms with E-state index in [9.17, 15) is 4.79 Å². The molecule has 0 aromatic carbocycles. The van der Waals surface area contributed by atoms with Crippen LogP contribution in [0.2, 0.25) is 0 Å². The molecule has 0 saturated carbocycles. The molecule has 0 unspecified atom stereocenters. The van der Waals surface area contributed by atoms with Crippen LogP contribution in [-0.2, 0) is 0 Å². The maximum Gasteiger partial charge on any atom is 0.172 e. The zero-order valence-electron chi connectivity index (χ0n) is 11.0. The number of alkyl halides is 1. The van der Waals surface area contributed by atoms with Gasteiger partial charge in [-0.25, -0.2) is 0 Å². The van der Waals surface area contributed by atoms with Crippen LogP contribution in [0.3, 0.4) is 0 Å². The summed E-state index contributed by atoms with van der Waals surface area (Å²) in [5, 5.41) is 1.97. The van der Waals surface area contributed by atoms with E-state index in [2.05, 4.69) is 0 Å². The van der Waals surface area contributed by atoms with Crippen molar-refractivity contribution in [1.82, 2.24) is 0 Å². The van der Waals surface area contributed by atoms with Crippen LogP contribution in [0.4, 0.5) is 0 Å². The Kier molecular flexibility index (Phi) is 9.23. The lowest BCUT2D eigenvalue weighted by Gasteiger charge is -2.01. The molecule has 0 atom stereocenters. The lowest BCUT2D eigenvalue weighted by molar-refractivity contribution is 0.0983. The summed E-state index contributed by atoms with van der Waals surface area (Å²) in [7, 11) is 0. The maximum atomic E-state index is 11.7. The van der Waals surface area contributed by atoms with E-state index < -0.39 is 0 Å². The second-order valence-electron chi connectivity index (χ2n) is 4.67. The summed E-state index contributed by atoms with van der Waals surface area (Å²) in [5.74, 6) is 1.11. The van der Waals surface area contributed by atoms with Gasteiger partial charge in [0.1, 0.15) is 0 Å². The van der Waals surface area contributed by atoms with Crippen LogP contribution in [0.1, 0.15) is 67.5 Å². The van der Waals surface area contributed by atoms with E-state index >= 15 is 0 Å². The summed E-state index contributed by atoms with van der Waals surface area (Å²) < 4.78 is 0. The molecule has 1 aromatic heterocycles. The predicted octanol–water partition coefficient (Wildman–Crippen LogP) is 5.68. The Balaban J connectivity index is 1.88. The maximum absolute atomic E-state index is 11.7. The zero-order chi connectivity index (χ0) is 13.1. The molecule has 102 valence electrons. The summed E-state index contributed by atoms with van der Waals surface area (Å²) in [6.07, 6.45) is 10.5. The molecule has 0 fully saturated rings. The van der Waals surface area contributed by atoms with Gasteiger partial charge in [0.2, 0.25) is 0 Å². The number of hydrogen-bond donors (Lipinski definition) is 0. The number of Topliss-reactive ketones (excluding diaryl/α,β-unsaturated/α-hetero) is 1. The Morgan fingerprint density at radius 3 is 2.17 bits per heavy atom. The first-order chi connectivity index (χ1) is 8.84. The lowest BCUT2D eigenvalue weighted by atomic mass is 10.1. The minimum absolute atomic E-state index is 0.312. The van der Waals surface area contributed by atoms with Gasteiger partial charge in [0.15, 0.2) is 5.78 Å². The standard InChI is InChI=1S/C15H23ClOS/c16-12-8-6-4-2-1-3-5-7-10-14(17)15-11-9-13-18-15/h9,11,13H,1-8,10,12H2. The molecular weight excluding hydrogens is 264 g/mol. The molecule has 1 aromatic rings. The molecule has 0 bridgehead atoms. The molecule has 0 saturated heterocycles. The SMILES string of the molecule is O=C(CCCCCCCCCCCl)c1cccs1. The molecule has 0 aliphatic rings. The summed E-state index contributed by atoms with van der Waals surface area (Å²) >= 11 is 7.17. The van der Waals surface area contributed by atoms with E-state index in [4.69, 9.17) is 11.6 Å². The summed E-state index contributed by atoms with van der Waals surface area (Å²) in [6.45, 7) is 0. The first kappa shape index (κ1) is 15.7. The van der Waals surface area contributed by atoms with Crippen molar-refractivity contribution in [1.29, 1.82) is 0 Å². The molecule has 0 radical (unpaired) electrons. The molecule has 1 nitrogen and oxygen atoms in total. The highest BCUT2D eigenvalue weighted by atomic mass is 35.5. The Morgan fingerprint density at radius 2 is 1.61 bits per heavy atom. The van der Waals surface area contributed by atoms with Crippen LogP contribution in [0.5, 0.6) is 0 Å². The van der Waals surface area contributed by atoms with Crippen molar-refractivity contribution in [2.24, 2.45) is 0 Å². The van der Waals surface area contributed by atoms with Gasteiger partial charge in [0, 0.05) is 12.3 Å². The molecule has 0 aliphatic carbocycles. The first-order valence-corrected chi connectivity index (χ1v) is 8.38. The number of rotatable bonds is 11. The Hall–Kier alpha value is -0.340. The average molecular weight is 287 g/mol. The molecule has 0 amide bonds. The minimum atomic E-state index is 0.312. The summed E-state index contributed by atoms with van der Waals surface area (Å²) in [4.78, 5) is 12.6. The van der Waals surface area contributed by atoms with Crippen LogP contribution in [0.25, 0.3) is 0 Å². The molecule has 0 aliphatic heterocycles. The van der Waals surface area contributed by atoms with Crippen molar-refractivity contribution < 1.29 is 4.79 Å². The molecular formula is C15H23ClOS. The second-order valence-corrected chi connectivity index (χ2v) is 5.99. The Labute approximate surface area is 120 Å². The average Bonchev–Trinajstić information content (AvgIpc) is 2.90. The number of ketones is 1. The number of unbranched alkanes of at least 4 members (excludes halogenated alkanes) is 7. The third kappa shape index (κ3) is 7.17. The van der Waals surface area contributed by atoms with Crippen molar-refractivity contribution in [3.05, 3.63) is 22.4 Å². The number of halogens is 1. The van der Waals surface area contributed by atoms with Gasteiger partial charge < -0.3 is 0 Å². The van der Waals surface area contributed by atoms with Crippen molar-refractivity contribution in [3.63, 3.8) is 0 Å². The highest BCUT2D eigenvalue weighted by Gasteiger charge is 2.05. The fourth-order valence-electron chi connectivity index (χ4n) is 2.00. The smallest absolute Gasteiger partial charge is 0.172 e. The predicted molar refractivity (Wildman–Crippen MR) is 80.9 cm³/mol. The highest BCUT2D eigenvalue weighted by Crippen LogP contribution is 2.15. The largest absolute Gasteiger partial charge is 0.293 e. The van der Waals surface area contributed by atoms with E-state index in [-0.39, 0.29) is 0 Å². The first-order valence-electron chi connectivity index (χ1n) is 6.97. The summed E-state index contributed by atoms with van der Waals surface area (Å²) in [5.41, 5.74) is 0. The molecule has 3 heteroatoms. The van der Waals surface area contributed by atoms with Crippen molar-refractivity contribution in [3.8, 4) is 0 Å². The van der Waals surface area contributed by atoms with E-state index in [0.717, 1.165) is 23.6 Å². The number of carbonyl (C=O) groups excluding carboxylic acids is 1. The van der Waals surface area contributed by atoms with Gasteiger partial charge in [0.25, 0.3) is 0 Å². The van der Waals surface area contributed by atoms with Crippen molar-refractivity contribution in [2.75, 3.05) is 5.88 Å². The van der Waals surface area contributed by atoms with Gasteiger partial charge in [-0.15, -0.1) is 22.9 Å². The van der Waals surface area contributed by atoms with Crippen LogP contribution in [-0.4, -0.2) is 11.7 Å². The highest BCUT2D eigenvalue weighted by molar-refractivity contribution is 7.12. The topological polar surface area (TPSA) is 17.1 Å². The van der Waals surface area contributed by atoms with E-state index in [1.54, 1.807) is 11.3 Å². The number of carbonyl (C=O) groups is 1. The number of thiophene rings is 1. The van der Waals surface area contributed by atoms with Crippen LogP contribution in [0.15, 0.2) is 17.5 Å². The quantitative estimate of drug-likeness (QED) is 0.290. The number of hydrogen-bond acceptors (Lipinski definition) is 2. The molecule has 0 spiro atoms. The fraction of sp³-hybridized carbons (Fsp3) is 0.667. The third-order valence-corrected chi connectivity index (χ3v) is 4.26. The Bertz CT molecular complexity index is 308. The van der Waals surface area contributed by atoms with Gasteiger partial charge in [-0.1, -0.05) is 44.6 Å². The van der Waals surface area contributed by atoms with Gasteiger partial charge in [-0.05, 0) is 24.3 Å². The molecule has 0 N–H and O–H groups in total. The summed E-state index contributed by atoms with van der Waals surface area (Å²) in [6, 6.07) is 3.86. The second kappa shape index (κ2) is 10.6. The minimum Gasteiger partial charge on any atom is -0.293 e. The van der Waals surface area contributed by atoms with Crippen LogP contribution in [0, 0.1) is 0 Å². The van der Waals surface area contributed by atoms with Gasteiger partial charge in [-0.3, -0.25) is 4.79 Å². The van der Waals surface area contributed by atoms with Crippen molar-refractivity contribution >= 4 is 28.7 Å². The Morgan fingerprint density at radius 1 is 1.00 bits per heavy atom. The van der Waals surface area contributed by atoms with Crippen LogP contribution < -0.4 is 0 Å². The van der Waals surface area contributed by atoms with E-state index in [1.165, 1.54) is 38.5 Å². The van der Waals surface area contributed by atoms with Gasteiger partial charge >= 0.3 is 0 Å². The molecule has 1 heterocycles. The zero-order valence-corrected chi connectivity index (χ0v) is 12.6. The normalized spacial score (nSPS) is 10.7. The van der Waals surface area contributed by atoms with Crippen molar-refractivity contribution in [2.45, 2.75) is 57.8 Å². The van der Waals surface area contributed by atoms with E-state index in [0.29, 0.717) is 12.2 Å². The third-order valence-electron chi connectivity index (χ3n) is 3.08. The molecule has 18 heavy (non-hydrogen) atoms. The van der Waals surface area contributed by atoms with Gasteiger partial charge in [-0.2, -0.15) is 0 Å². The fourth-order valence-corrected chi connectivity index (χ4v) is 2.88. The van der Waals surface area contributed by atoms with Gasteiger partial charge in [0.05, 0.1) is 4.88 Å². The monoisotopic (exact) mass is 286 g/mol. The van der Waals surface area contributed by atoms with E-state index in [1.807, 2.05) is 17.5 Å². The van der Waals surface area contributed by atoms with Crippen LogP contribution >= 0.6 is 22.9 Å². The lowest BCUT2D eigenvalue weighted by Crippen LogP contribution is -1.95.